The van der Waals surface area contributed by atoms with Crippen molar-refractivity contribution in [1.82, 2.24) is 24.3 Å². The molecule has 2 saturated heterocycles. The van der Waals surface area contributed by atoms with Gasteiger partial charge in [0.1, 0.15) is 5.69 Å². The number of rotatable bonds is 5. The minimum atomic E-state index is -3.59. The van der Waals surface area contributed by atoms with Gasteiger partial charge in [-0.05, 0) is 36.4 Å². The molecule has 2 aliphatic rings. The van der Waals surface area contributed by atoms with E-state index >= 15 is 0 Å². The number of likely N-dealkylation sites (tertiary alicyclic amines) is 1. The largest absolute Gasteiger partial charge is 0.379 e. The Balaban J connectivity index is 1.21. The molecule has 0 radical (unpaired) electrons. The predicted molar refractivity (Wildman–Crippen MR) is 112 cm³/mol. The van der Waals surface area contributed by atoms with E-state index < -0.39 is 10.0 Å². The Morgan fingerprint density at radius 3 is 2.47 bits per heavy atom. The van der Waals surface area contributed by atoms with Crippen LogP contribution in [0, 0.1) is 0 Å². The smallest absolute Gasteiger partial charge is 0.253 e. The van der Waals surface area contributed by atoms with Gasteiger partial charge in [-0.25, -0.2) is 8.42 Å². The van der Waals surface area contributed by atoms with Gasteiger partial charge in [-0.15, -0.1) is 0 Å². The van der Waals surface area contributed by atoms with Crippen molar-refractivity contribution >= 4 is 15.9 Å². The van der Waals surface area contributed by atoms with Gasteiger partial charge in [0.25, 0.3) is 5.91 Å². The van der Waals surface area contributed by atoms with Gasteiger partial charge in [-0.3, -0.25) is 9.78 Å². The number of hydrogen-bond donors (Lipinski definition) is 0. The molecule has 0 saturated carbocycles. The van der Waals surface area contributed by atoms with Crippen LogP contribution in [0.25, 0.3) is 11.5 Å². The van der Waals surface area contributed by atoms with Gasteiger partial charge in [-0.1, -0.05) is 11.2 Å². The molecule has 0 bridgehead atoms. The number of ether oxygens (including phenoxy) is 1. The summed E-state index contributed by atoms with van der Waals surface area (Å²) in [6, 6.07) is 11.5. The summed E-state index contributed by atoms with van der Waals surface area (Å²) in [5.74, 6) is 0.690. The first-order valence-electron chi connectivity index (χ1n) is 10.2. The summed E-state index contributed by atoms with van der Waals surface area (Å²) in [6.45, 7) is 2.34. The molecule has 4 heterocycles. The van der Waals surface area contributed by atoms with Crippen LogP contribution in [0.2, 0.25) is 0 Å². The lowest BCUT2D eigenvalue weighted by Gasteiger charge is -2.37. The summed E-state index contributed by atoms with van der Waals surface area (Å²) in [6.07, 6.45) is 1.66. The molecular formula is C21H21N5O5S. The lowest BCUT2D eigenvalue weighted by atomic mass is 9.99. The Kier molecular flexibility index (Phi) is 5.45. The third-order valence-electron chi connectivity index (χ3n) is 5.56. The lowest BCUT2D eigenvalue weighted by molar-refractivity contribution is 0.0569. The third kappa shape index (κ3) is 3.90. The Hall–Kier alpha value is -3.15. The summed E-state index contributed by atoms with van der Waals surface area (Å²) < 4.78 is 37.4. The van der Waals surface area contributed by atoms with Crippen LogP contribution < -0.4 is 0 Å². The average Bonchev–Trinajstić information content (AvgIpc) is 3.29. The number of nitrogens with zero attached hydrogens (tertiary/aromatic N) is 5. The van der Waals surface area contributed by atoms with E-state index in [2.05, 4.69) is 15.1 Å². The van der Waals surface area contributed by atoms with E-state index in [1.807, 2.05) is 12.1 Å². The van der Waals surface area contributed by atoms with Crippen molar-refractivity contribution in [2.45, 2.75) is 10.8 Å². The number of benzene rings is 1. The molecule has 10 nitrogen and oxygen atoms in total. The van der Waals surface area contributed by atoms with Gasteiger partial charge in [0.2, 0.25) is 21.7 Å². The first-order chi connectivity index (χ1) is 15.5. The molecule has 0 atom stereocenters. The highest BCUT2D eigenvalue weighted by atomic mass is 32.2. The highest BCUT2D eigenvalue weighted by Crippen LogP contribution is 2.29. The standard InChI is InChI=1S/C21H21N5O5S/c27-21(15-4-6-17(7-5-15)32(28,29)26-9-11-30-12-10-26)25-13-16(14-25)20-23-19(24-31-20)18-3-1-2-8-22-18/h1-8,16H,9-14H2. The SMILES string of the molecule is O=C(c1ccc(S(=O)(=O)N2CCOCC2)cc1)N1CC(c2nc(-c3ccccn3)no2)C1. The fourth-order valence-corrected chi connectivity index (χ4v) is 5.10. The number of carbonyl (C=O) groups is 1. The van der Waals surface area contributed by atoms with Crippen molar-refractivity contribution in [3.8, 4) is 11.5 Å². The number of sulfonamides is 1. The second-order valence-electron chi connectivity index (χ2n) is 7.62. The second kappa shape index (κ2) is 8.41. The van der Waals surface area contributed by atoms with Gasteiger partial charge in [-0.2, -0.15) is 9.29 Å². The van der Waals surface area contributed by atoms with E-state index in [-0.39, 0.29) is 16.7 Å². The summed E-state index contributed by atoms with van der Waals surface area (Å²) in [7, 11) is -3.59. The van der Waals surface area contributed by atoms with Crippen LogP contribution in [0.1, 0.15) is 22.2 Å². The molecule has 0 N–H and O–H groups in total. The minimum Gasteiger partial charge on any atom is -0.379 e. The zero-order valence-corrected chi connectivity index (χ0v) is 17.9. The Morgan fingerprint density at radius 2 is 1.78 bits per heavy atom. The van der Waals surface area contributed by atoms with E-state index in [4.69, 9.17) is 9.26 Å². The molecule has 166 valence electrons. The Labute approximate surface area is 184 Å². The number of amides is 1. The number of morpholine rings is 1. The molecule has 2 aliphatic heterocycles. The Bertz CT molecular complexity index is 1200. The number of carbonyl (C=O) groups excluding carboxylic acids is 1. The molecule has 3 aromatic rings. The molecule has 2 fully saturated rings. The van der Waals surface area contributed by atoms with Crippen molar-refractivity contribution in [1.29, 1.82) is 0 Å². The molecule has 0 unspecified atom stereocenters. The van der Waals surface area contributed by atoms with Crippen LogP contribution >= 0.6 is 0 Å². The van der Waals surface area contributed by atoms with Gasteiger partial charge < -0.3 is 14.2 Å². The van der Waals surface area contributed by atoms with Crippen molar-refractivity contribution < 1.29 is 22.5 Å². The molecule has 5 rings (SSSR count). The predicted octanol–water partition coefficient (Wildman–Crippen LogP) is 1.39. The fraction of sp³-hybridized carbons (Fsp3) is 0.333. The Morgan fingerprint density at radius 1 is 1.03 bits per heavy atom. The maximum absolute atomic E-state index is 12.8. The third-order valence-corrected chi connectivity index (χ3v) is 7.48. The molecule has 1 aromatic carbocycles. The van der Waals surface area contributed by atoms with Crippen molar-refractivity contribution in [2.24, 2.45) is 0 Å². The first kappa shape index (κ1) is 20.7. The maximum atomic E-state index is 12.8. The van der Waals surface area contributed by atoms with Crippen LogP contribution in [-0.4, -0.2) is 78.0 Å². The van der Waals surface area contributed by atoms with E-state index in [9.17, 15) is 13.2 Å². The topological polar surface area (TPSA) is 119 Å². The molecule has 11 heteroatoms. The second-order valence-corrected chi connectivity index (χ2v) is 9.56. The fourth-order valence-electron chi connectivity index (χ4n) is 3.69. The lowest BCUT2D eigenvalue weighted by Crippen LogP contribution is -2.48. The molecule has 0 spiro atoms. The highest BCUT2D eigenvalue weighted by molar-refractivity contribution is 7.89. The first-order valence-corrected chi connectivity index (χ1v) is 11.7. The van der Waals surface area contributed by atoms with Gasteiger partial charge in [0, 0.05) is 37.9 Å². The summed E-state index contributed by atoms with van der Waals surface area (Å²) in [5, 5.41) is 3.97. The summed E-state index contributed by atoms with van der Waals surface area (Å²) in [4.78, 5) is 23.2. The molecule has 1 amide bonds. The number of pyridine rings is 1. The zero-order valence-electron chi connectivity index (χ0n) is 17.1. The normalized spacial score (nSPS) is 17.8. The van der Waals surface area contributed by atoms with Crippen molar-refractivity contribution in [3.63, 3.8) is 0 Å². The number of aromatic nitrogens is 3. The molecular weight excluding hydrogens is 434 g/mol. The zero-order chi connectivity index (χ0) is 22.1. The van der Waals surface area contributed by atoms with Gasteiger partial charge >= 0.3 is 0 Å². The van der Waals surface area contributed by atoms with E-state index in [0.29, 0.717) is 62.4 Å². The molecule has 2 aromatic heterocycles. The van der Waals surface area contributed by atoms with Crippen LogP contribution in [0.15, 0.2) is 58.1 Å². The monoisotopic (exact) mass is 455 g/mol. The quantitative estimate of drug-likeness (QED) is 0.566. The van der Waals surface area contributed by atoms with E-state index in [1.54, 1.807) is 29.3 Å². The molecule has 0 aliphatic carbocycles. The highest BCUT2D eigenvalue weighted by Gasteiger charge is 2.36. The average molecular weight is 455 g/mol. The van der Waals surface area contributed by atoms with Crippen LogP contribution in [0.4, 0.5) is 0 Å². The number of hydrogen-bond acceptors (Lipinski definition) is 8. The van der Waals surface area contributed by atoms with Crippen LogP contribution in [0.5, 0.6) is 0 Å². The molecule has 32 heavy (non-hydrogen) atoms. The van der Waals surface area contributed by atoms with Crippen LogP contribution in [-0.2, 0) is 14.8 Å². The van der Waals surface area contributed by atoms with Crippen molar-refractivity contribution in [3.05, 3.63) is 60.1 Å². The van der Waals surface area contributed by atoms with Gasteiger partial charge in [0.15, 0.2) is 0 Å². The maximum Gasteiger partial charge on any atom is 0.253 e. The van der Waals surface area contributed by atoms with Crippen molar-refractivity contribution in [2.75, 3.05) is 39.4 Å². The van der Waals surface area contributed by atoms with Gasteiger partial charge in [0.05, 0.1) is 24.0 Å². The van der Waals surface area contributed by atoms with E-state index in [0.717, 1.165) is 0 Å². The minimum absolute atomic E-state index is 0.0371. The summed E-state index contributed by atoms with van der Waals surface area (Å²) in [5.41, 5.74) is 1.06. The van der Waals surface area contributed by atoms with Crippen LogP contribution in [0.3, 0.4) is 0 Å². The van der Waals surface area contributed by atoms with E-state index in [1.165, 1.54) is 16.4 Å². The summed E-state index contributed by atoms with van der Waals surface area (Å²) >= 11 is 0.